The summed E-state index contributed by atoms with van der Waals surface area (Å²) in [4.78, 5) is 1.20. The second-order valence-corrected chi connectivity index (χ2v) is 7.11. The Bertz CT molecular complexity index is 412. The summed E-state index contributed by atoms with van der Waals surface area (Å²) in [7, 11) is 1.71. The van der Waals surface area contributed by atoms with Gasteiger partial charge in [0.15, 0.2) is 0 Å². The summed E-state index contributed by atoms with van der Waals surface area (Å²) in [5.41, 5.74) is -0.163. The number of para-hydroxylation sites is 1. The van der Waals surface area contributed by atoms with Crippen LogP contribution in [0.3, 0.4) is 0 Å². The van der Waals surface area contributed by atoms with Crippen LogP contribution >= 0.6 is 11.8 Å². The van der Waals surface area contributed by atoms with Gasteiger partial charge in [-0.2, -0.15) is 0 Å². The Hall–Kier alpha value is -0.710. The summed E-state index contributed by atoms with van der Waals surface area (Å²) in [6, 6.07) is 8.53. The molecule has 0 aliphatic rings. The molecule has 0 amide bonds. The predicted octanol–water partition coefficient (Wildman–Crippen LogP) is 3.71. The molecule has 1 atom stereocenters. The summed E-state index contributed by atoms with van der Waals surface area (Å²) in [6.45, 7) is 6.52. The van der Waals surface area contributed by atoms with Crippen molar-refractivity contribution in [3.63, 3.8) is 0 Å². The highest BCUT2D eigenvalue weighted by molar-refractivity contribution is 7.99. The second-order valence-electron chi connectivity index (χ2n) is 5.97. The monoisotopic (exact) mass is 311 g/mol. The quantitative estimate of drug-likeness (QED) is 0.510. The van der Waals surface area contributed by atoms with E-state index in [2.05, 4.69) is 32.2 Å². The van der Waals surface area contributed by atoms with Crippen LogP contribution in [-0.2, 0) is 0 Å². The maximum atomic E-state index is 9.55. The van der Waals surface area contributed by atoms with Gasteiger partial charge in [0.05, 0.1) is 13.7 Å². The largest absolute Gasteiger partial charge is 0.496 e. The number of unbranched alkanes of at least 4 members (excludes halogenated alkanes) is 1. The van der Waals surface area contributed by atoms with Gasteiger partial charge in [-0.25, -0.2) is 0 Å². The number of benzene rings is 1. The van der Waals surface area contributed by atoms with Crippen LogP contribution in [0.4, 0.5) is 0 Å². The number of hydrogen-bond donors (Lipinski definition) is 2. The van der Waals surface area contributed by atoms with Gasteiger partial charge in [-0.15, -0.1) is 11.8 Å². The first-order chi connectivity index (χ1) is 10.0. The van der Waals surface area contributed by atoms with E-state index in [0.717, 1.165) is 30.8 Å². The molecule has 2 N–H and O–H groups in total. The van der Waals surface area contributed by atoms with E-state index in [0.29, 0.717) is 6.04 Å². The molecule has 1 aromatic carbocycles. The first-order valence-electron chi connectivity index (χ1n) is 7.65. The number of rotatable bonds is 10. The number of hydrogen-bond acceptors (Lipinski definition) is 4. The minimum atomic E-state index is -0.163. The van der Waals surface area contributed by atoms with Gasteiger partial charge in [0.2, 0.25) is 0 Å². The lowest BCUT2D eigenvalue weighted by molar-refractivity contribution is 0.154. The molecule has 0 saturated heterocycles. The molecule has 3 nitrogen and oxygen atoms in total. The summed E-state index contributed by atoms with van der Waals surface area (Å²) in [5.74, 6) is 2.02. The Balaban J connectivity index is 2.31. The zero-order valence-electron chi connectivity index (χ0n) is 13.7. The SMILES string of the molecule is COc1ccccc1SCCCCC(C)(CO)NC(C)C. The third-order valence-electron chi connectivity index (χ3n) is 3.44. The molecule has 0 fully saturated rings. The van der Waals surface area contributed by atoms with E-state index >= 15 is 0 Å². The fourth-order valence-electron chi connectivity index (χ4n) is 2.43. The summed E-state index contributed by atoms with van der Waals surface area (Å²) in [6.07, 6.45) is 3.24. The molecule has 0 bridgehead atoms. The van der Waals surface area contributed by atoms with E-state index in [9.17, 15) is 5.11 Å². The molecule has 0 spiro atoms. The third kappa shape index (κ3) is 6.72. The van der Waals surface area contributed by atoms with Crippen molar-refractivity contribution in [3.05, 3.63) is 24.3 Å². The lowest BCUT2D eigenvalue weighted by Gasteiger charge is -2.31. The fourth-order valence-corrected chi connectivity index (χ4v) is 3.47. The Kier molecular flexibility index (Phi) is 8.15. The zero-order valence-corrected chi connectivity index (χ0v) is 14.5. The topological polar surface area (TPSA) is 41.5 Å². The van der Waals surface area contributed by atoms with Crippen molar-refractivity contribution in [2.45, 2.75) is 56.5 Å². The van der Waals surface area contributed by atoms with Crippen LogP contribution in [-0.4, -0.2) is 36.2 Å². The first-order valence-corrected chi connectivity index (χ1v) is 8.63. The number of aliphatic hydroxyl groups excluding tert-OH is 1. The lowest BCUT2D eigenvalue weighted by Crippen LogP contribution is -2.49. The number of thioether (sulfide) groups is 1. The maximum Gasteiger partial charge on any atom is 0.132 e. The highest BCUT2D eigenvalue weighted by Crippen LogP contribution is 2.29. The molecule has 120 valence electrons. The number of ether oxygens (including phenoxy) is 1. The van der Waals surface area contributed by atoms with E-state index in [1.807, 2.05) is 30.0 Å². The van der Waals surface area contributed by atoms with Crippen molar-refractivity contribution in [2.24, 2.45) is 0 Å². The summed E-state index contributed by atoms with van der Waals surface area (Å²) >= 11 is 1.84. The van der Waals surface area contributed by atoms with E-state index in [4.69, 9.17) is 4.74 Å². The number of aliphatic hydroxyl groups is 1. The minimum absolute atomic E-state index is 0.163. The molecule has 1 unspecified atom stereocenters. The Morgan fingerprint density at radius 1 is 1.29 bits per heavy atom. The Morgan fingerprint density at radius 2 is 2.00 bits per heavy atom. The molecule has 0 saturated carbocycles. The van der Waals surface area contributed by atoms with Crippen molar-refractivity contribution >= 4 is 11.8 Å². The lowest BCUT2D eigenvalue weighted by atomic mass is 9.95. The normalized spacial score (nSPS) is 14.2. The molecule has 4 heteroatoms. The maximum absolute atomic E-state index is 9.55. The van der Waals surface area contributed by atoms with E-state index < -0.39 is 0 Å². The van der Waals surface area contributed by atoms with Crippen molar-refractivity contribution in [1.29, 1.82) is 0 Å². The first kappa shape index (κ1) is 18.3. The van der Waals surface area contributed by atoms with Crippen LogP contribution in [0.2, 0.25) is 0 Å². The van der Waals surface area contributed by atoms with E-state index in [1.165, 1.54) is 4.90 Å². The molecular formula is C17H29NO2S. The molecule has 0 aliphatic carbocycles. The molecule has 1 aromatic rings. The van der Waals surface area contributed by atoms with Crippen LogP contribution in [0, 0.1) is 0 Å². The molecule has 0 aliphatic heterocycles. The molecular weight excluding hydrogens is 282 g/mol. The molecule has 1 rings (SSSR count). The van der Waals surface area contributed by atoms with Crippen molar-refractivity contribution in [2.75, 3.05) is 19.5 Å². The molecule has 0 radical (unpaired) electrons. The van der Waals surface area contributed by atoms with Gasteiger partial charge >= 0.3 is 0 Å². The average Bonchev–Trinajstić information content (AvgIpc) is 2.46. The molecule has 0 heterocycles. The van der Waals surface area contributed by atoms with Gasteiger partial charge in [-0.3, -0.25) is 0 Å². The van der Waals surface area contributed by atoms with Crippen molar-refractivity contribution in [3.8, 4) is 5.75 Å². The van der Waals surface area contributed by atoms with Gasteiger partial charge in [-0.1, -0.05) is 32.4 Å². The van der Waals surface area contributed by atoms with Gasteiger partial charge in [0.1, 0.15) is 5.75 Å². The molecule has 0 aromatic heterocycles. The van der Waals surface area contributed by atoms with Crippen LogP contribution in [0.5, 0.6) is 5.75 Å². The fraction of sp³-hybridized carbons (Fsp3) is 0.647. The predicted molar refractivity (Wildman–Crippen MR) is 91.3 cm³/mol. The Morgan fingerprint density at radius 3 is 2.62 bits per heavy atom. The minimum Gasteiger partial charge on any atom is -0.496 e. The van der Waals surface area contributed by atoms with Crippen molar-refractivity contribution < 1.29 is 9.84 Å². The van der Waals surface area contributed by atoms with Crippen LogP contribution in [0.15, 0.2) is 29.2 Å². The standard InChI is InChI=1S/C17H29NO2S/c1-14(2)18-17(3,13-19)11-7-8-12-21-16-10-6-5-9-15(16)20-4/h5-6,9-10,14,18-19H,7-8,11-13H2,1-4H3. The van der Waals surface area contributed by atoms with Gasteiger partial charge in [-0.05, 0) is 37.7 Å². The summed E-state index contributed by atoms with van der Waals surface area (Å²) < 4.78 is 5.35. The smallest absolute Gasteiger partial charge is 0.132 e. The van der Waals surface area contributed by atoms with E-state index in [-0.39, 0.29) is 12.1 Å². The van der Waals surface area contributed by atoms with Crippen LogP contribution in [0.25, 0.3) is 0 Å². The average molecular weight is 311 g/mol. The molecule has 21 heavy (non-hydrogen) atoms. The number of methoxy groups -OCH3 is 1. The van der Waals surface area contributed by atoms with E-state index in [1.54, 1.807) is 7.11 Å². The third-order valence-corrected chi connectivity index (χ3v) is 4.58. The van der Waals surface area contributed by atoms with Crippen molar-refractivity contribution in [1.82, 2.24) is 5.32 Å². The number of nitrogens with one attached hydrogen (secondary N) is 1. The van der Waals surface area contributed by atoms with Gasteiger partial charge < -0.3 is 15.2 Å². The van der Waals surface area contributed by atoms with Gasteiger partial charge in [0, 0.05) is 16.5 Å². The summed E-state index contributed by atoms with van der Waals surface area (Å²) in [5, 5.41) is 13.0. The second kappa shape index (κ2) is 9.34. The van der Waals surface area contributed by atoms with Gasteiger partial charge in [0.25, 0.3) is 0 Å². The Labute approximate surface area is 133 Å². The highest BCUT2D eigenvalue weighted by atomic mass is 32.2. The zero-order chi connectivity index (χ0) is 15.7. The van der Waals surface area contributed by atoms with Crippen LogP contribution < -0.4 is 10.1 Å². The highest BCUT2D eigenvalue weighted by Gasteiger charge is 2.22. The van der Waals surface area contributed by atoms with Crippen LogP contribution in [0.1, 0.15) is 40.0 Å².